The summed E-state index contributed by atoms with van der Waals surface area (Å²) in [5.74, 6) is 0.387. The number of rotatable bonds is 4. The summed E-state index contributed by atoms with van der Waals surface area (Å²) in [6.45, 7) is 0.653. The highest BCUT2D eigenvalue weighted by atomic mass is 35.5. The van der Waals surface area contributed by atoms with Crippen LogP contribution in [-0.2, 0) is 6.42 Å². The molecule has 0 fully saturated rings. The summed E-state index contributed by atoms with van der Waals surface area (Å²) in [7, 11) is 0. The number of halogens is 1. The van der Waals surface area contributed by atoms with E-state index < -0.39 is 4.92 Å². The van der Waals surface area contributed by atoms with E-state index in [4.69, 9.17) is 11.6 Å². The van der Waals surface area contributed by atoms with Crippen molar-refractivity contribution in [3.05, 3.63) is 75.6 Å². The lowest BCUT2D eigenvalue weighted by Crippen LogP contribution is -2.26. The topological polar surface area (TPSA) is 84.2 Å². The Morgan fingerprint density at radius 2 is 1.89 bits per heavy atom. The number of aryl methyl sites for hydroxylation is 1. The number of para-hydroxylation sites is 2. The molecule has 4 rings (SSSR count). The third kappa shape index (κ3) is 3.29. The number of fused-ring (bicyclic) bond motifs is 1. The number of aromatic nitrogens is 2. The monoisotopic (exact) mass is 381 g/mol. The molecule has 8 heteroatoms. The predicted molar refractivity (Wildman–Crippen MR) is 105 cm³/mol. The Kier molecular flexibility index (Phi) is 4.60. The van der Waals surface area contributed by atoms with Crippen molar-refractivity contribution in [2.45, 2.75) is 12.8 Å². The fourth-order valence-electron chi connectivity index (χ4n) is 3.27. The highest BCUT2D eigenvalue weighted by Gasteiger charge is 2.30. The van der Waals surface area contributed by atoms with E-state index in [1.54, 1.807) is 24.3 Å². The molecule has 0 bridgehead atoms. The molecular weight excluding hydrogens is 366 g/mol. The van der Waals surface area contributed by atoms with Crippen LogP contribution in [0.4, 0.5) is 28.7 Å². The van der Waals surface area contributed by atoms with Gasteiger partial charge in [0.15, 0.2) is 0 Å². The van der Waals surface area contributed by atoms with Crippen LogP contribution in [0.25, 0.3) is 0 Å². The highest BCUT2D eigenvalue weighted by molar-refractivity contribution is 6.33. The van der Waals surface area contributed by atoms with Gasteiger partial charge >= 0.3 is 5.69 Å². The van der Waals surface area contributed by atoms with Crippen LogP contribution in [0, 0.1) is 10.1 Å². The van der Waals surface area contributed by atoms with E-state index >= 15 is 0 Å². The molecule has 0 saturated heterocycles. The fraction of sp³-hybridized carbons (Fsp3) is 0.158. The van der Waals surface area contributed by atoms with Crippen molar-refractivity contribution in [3.63, 3.8) is 0 Å². The van der Waals surface area contributed by atoms with Crippen LogP contribution in [0.5, 0.6) is 0 Å². The standard InChI is InChI=1S/C19H16ClN5O2/c20-14-8-2-3-9-15(14)23-18-17(25(26)27)19(22-12-21-18)24-11-5-7-13-6-1-4-10-16(13)24/h1-4,6,8-10,12H,5,7,11H2,(H,21,22,23). The number of benzene rings is 2. The predicted octanol–water partition coefficient (Wildman–Crippen LogP) is 4.87. The van der Waals surface area contributed by atoms with Crippen LogP contribution < -0.4 is 10.2 Å². The van der Waals surface area contributed by atoms with Crippen molar-refractivity contribution < 1.29 is 4.92 Å². The zero-order valence-electron chi connectivity index (χ0n) is 14.3. The van der Waals surface area contributed by atoms with Crippen LogP contribution in [-0.4, -0.2) is 21.4 Å². The molecule has 1 aliphatic rings. The van der Waals surface area contributed by atoms with Gasteiger partial charge in [0, 0.05) is 12.2 Å². The summed E-state index contributed by atoms with van der Waals surface area (Å²) in [5.41, 5.74) is 2.46. The molecule has 2 heterocycles. The molecule has 0 spiro atoms. The average molecular weight is 382 g/mol. The van der Waals surface area contributed by atoms with Gasteiger partial charge in [-0.25, -0.2) is 9.97 Å². The molecule has 0 radical (unpaired) electrons. The van der Waals surface area contributed by atoms with Gasteiger partial charge in [0.1, 0.15) is 6.33 Å². The first-order valence-corrected chi connectivity index (χ1v) is 8.89. The summed E-state index contributed by atoms with van der Waals surface area (Å²) in [6, 6.07) is 14.9. The van der Waals surface area contributed by atoms with E-state index in [1.807, 2.05) is 29.2 Å². The minimum absolute atomic E-state index is 0.112. The lowest BCUT2D eigenvalue weighted by atomic mass is 10.0. The molecule has 136 valence electrons. The van der Waals surface area contributed by atoms with Gasteiger partial charge in [-0.05, 0) is 36.6 Å². The highest BCUT2D eigenvalue weighted by Crippen LogP contribution is 2.40. The van der Waals surface area contributed by atoms with E-state index in [0.29, 0.717) is 17.3 Å². The van der Waals surface area contributed by atoms with Gasteiger partial charge in [-0.1, -0.05) is 41.9 Å². The molecule has 0 saturated carbocycles. The molecule has 27 heavy (non-hydrogen) atoms. The van der Waals surface area contributed by atoms with Crippen molar-refractivity contribution in [2.24, 2.45) is 0 Å². The van der Waals surface area contributed by atoms with Crippen molar-refractivity contribution in [2.75, 3.05) is 16.8 Å². The quantitative estimate of drug-likeness (QED) is 0.513. The van der Waals surface area contributed by atoms with Gasteiger partial charge in [-0.2, -0.15) is 0 Å². The van der Waals surface area contributed by atoms with E-state index in [2.05, 4.69) is 15.3 Å². The van der Waals surface area contributed by atoms with Gasteiger partial charge in [-0.3, -0.25) is 10.1 Å². The average Bonchev–Trinajstić information content (AvgIpc) is 2.69. The first-order valence-electron chi connectivity index (χ1n) is 8.51. The maximum atomic E-state index is 11.9. The first-order chi connectivity index (χ1) is 13.1. The molecule has 0 amide bonds. The fourth-order valence-corrected chi connectivity index (χ4v) is 3.45. The van der Waals surface area contributed by atoms with Crippen molar-refractivity contribution in [3.8, 4) is 0 Å². The van der Waals surface area contributed by atoms with E-state index in [-0.39, 0.29) is 17.3 Å². The Labute approximate surface area is 160 Å². The Hall–Kier alpha value is -3.19. The largest absolute Gasteiger partial charge is 0.354 e. The smallest absolute Gasteiger partial charge is 0.333 e. The van der Waals surface area contributed by atoms with Crippen LogP contribution in [0.1, 0.15) is 12.0 Å². The van der Waals surface area contributed by atoms with E-state index in [0.717, 1.165) is 24.1 Å². The third-order valence-corrected chi connectivity index (χ3v) is 4.81. The number of nitrogens with zero attached hydrogens (tertiary/aromatic N) is 4. The normalized spacial score (nSPS) is 13.1. The maximum Gasteiger partial charge on any atom is 0.354 e. The number of nitrogens with one attached hydrogen (secondary N) is 1. The molecule has 7 nitrogen and oxygen atoms in total. The van der Waals surface area contributed by atoms with E-state index in [1.165, 1.54) is 6.33 Å². The second-order valence-electron chi connectivity index (χ2n) is 6.14. The number of hydrogen-bond acceptors (Lipinski definition) is 6. The van der Waals surface area contributed by atoms with Crippen molar-refractivity contribution in [1.82, 2.24) is 9.97 Å². The molecule has 0 unspecified atom stereocenters. The number of anilines is 4. The van der Waals surface area contributed by atoms with Gasteiger partial charge in [0.2, 0.25) is 11.6 Å². The number of nitro groups is 1. The lowest BCUT2D eigenvalue weighted by Gasteiger charge is -2.30. The summed E-state index contributed by atoms with van der Waals surface area (Å²) < 4.78 is 0. The van der Waals surface area contributed by atoms with Crippen LogP contribution in [0.3, 0.4) is 0 Å². The Morgan fingerprint density at radius 1 is 1.11 bits per heavy atom. The molecule has 1 aliphatic heterocycles. The molecule has 1 aromatic heterocycles. The second kappa shape index (κ2) is 7.20. The van der Waals surface area contributed by atoms with Crippen molar-refractivity contribution in [1.29, 1.82) is 0 Å². The van der Waals surface area contributed by atoms with Gasteiger partial charge < -0.3 is 10.2 Å². The summed E-state index contributed by atoms with van der Waals surface area (Å²) in [4.78, 5) is 21.7. The molecule has 0 atom stereocenters. The number of hydrogen-bond donors (Lipinski definition) is 1. The third-order valence-electron chi connectivity index (χ3n) is 4.48. The molecule has 3 aromatic rings. The minimum atomic E-state index is -0.453. The minimum Gasteiger partial charge on any atom is -0.333 e. The van der Waals surface area contributed by atoms with Crippen LogP contribution >= 0.6 is 11.6 Å². The zero-order chi connectivity index (χ0) is 18.8. The van der Waals surface area contributed by atoms with Crippen LogP contribution in [0.2, 0.25) is 5.02 Å². The molecular formula is C19H16ClN5O2. The summed E-state index contributed by atoms with van der Waals surface area (Å²) >= 11 is 6.18. The van der Waals surface area contributed by atoms with Crippen LogP contribution in [0.15, 0.2) is 54.9 Å². The Balaban J connectivity index is 1.81. The molecule has 0 aliphatic carbocycles. The Morgan fingerprint density at radius 3 is 2.70 bits per heavy atom. The van der Waals surface area contributed by atoms with Gasteiger partial charge in [0.25, 0.3) is 0 Å². The first kappa shape index (κ1) is 17.2. The Bertz CT molecular complexity index is 1010. The molecule has 1 N–H and O–H groups in total. The molecule has 2 aromatic carbocycles. The second-order valence-corrected chi connectivity index (χ2v) is 6.55. The summed E-state index contributed by atoms with van der Waals surface area (Å²) in [6.07, 6.45) is 3.17. The van der Waals surface area contributed by atoms with Gasteiger partial charge in [0.05, 0.1) is 15.6 Å². The lowest BCUT2D eigenvalue weighted by molar-refractivity contribution is -0.383. The van der Waals surface area contributed by atoms with Gasteiger partial charge in [-0.15, -0.1) is 0 Å². The zero-order valence-corrected chi connectivity index (χ0v) is 15.1. The summed E-state index contributed by atoms with van der Waals surface area (Å²) in [5, 5.41) is 15.3. The van der Waals surface area contributed by atoms with E-state index in [9.17, 15) is 10.1 Å². The maximum absolute atomic E-state index is 11.9. The van der Waals surface area contributed by atoms with Crippen molar-refractivity contribution >= 4 is 40.3 Å². The SMILES string of the molecule is O=[N+]([O-])c1c(Nc2ccccc2Cl)ncnc1N1CCCc2ccccc21.